The molecule has 5 heteroatoms. The molecule has 0 spiro atoms. The van der Waals surface area contributed by atoms with Gasteiger partial charge in [-0.3, -0.25) is 9.97 Å². The van der Waals surface area contributed by atoms with Gasteiger partial charge in [-0.15, -0.1) is 0 Å². The van der Waals surface area contributed by atoms with Crippen LogP contribution in [0.5, 0.6) is 0 Å². The van der Waals surface area contributed by atoms with Crippen molar-refractivity contribution in [2.75, 3.05) is 0 Å². The first-order valence-corrected chi connectivity index (χ1v) is 4.47. The summed E-state index contributed by atoms with van der Waals surface area (Å²) in [5, 5.41) is 8.65. The van der Waals surface area contributed by atoms with Gasteiger partial charge in [-0.2, -0.15) is 0 Å². The first-order chi connectivity index (χ1) is 7.68. The van der Waals surface area contributed by atoms with E-state index in [1.54, 1.807) is 12.1 Å². The second kappa shape index (κ2) is 4.06. The summed E-state index contributed by atoms with van der Waals surface area (Å²) in [4.78, 5) is 18.2. The van der Waals surface area contributed by atoms with Crippen molar-refractivity contribution in [3.8, 4) is 11.3 Å². The van der Waals surface area contributed by atoms with Gasteiger partial charge in [0.2, 0.25) is 0 Å². The lowest BCUT2D eigenvalue weighted by atomic mass is 10.1. The maximum Gasteiger partial charge on any atom is 0.337 e. The summed E-state index contributed by atoms with van der Waals surface area (Å²) < 4.78 is 13.5. The fraction of sp³-hybridized carbons (Fsp3) is 0. The molecular formula is C11H7FN2O2. The van der Waals surface area contributed by atoms with E-state index in [4.69, 9.17) is 5.11 Å². The zero-order chi connectivity index (χ0) is 11.5. The summed E-state index contributed by atoms with van der Waals surface area (Å²) in [6, 6.07) is 4.16. The third kappa shape index (κ3) is 1.88. The molecule has 2 rings (SSSR count). The Kier molecular flexibility index (Phi) is 2.59. The fourth-order valence-corrected chi connectivity index (χ4v) is 1.28. The van der Waals surface area contributed by atoms with Gasteiger partial charge in [0.1, 0.15) is 11.5 Å². The number of carboxylic acids is 1. The summed E-state index contributed by atoms with van der Waals surface area (Å²) in [6.45, 7) is 0. The third-order valence-corrected chi connectivity index (χ3v) is 2.04. The molecule has 0 atom stereocenters. The number of pyridine rings is 2. The summed E-state index contributed by atoms with van der Waals surface area (Å²) in [6.07, 6.45) is 4.16. The highest BCUT2D eigenvalue weighted by molar-refractivity contribution is 5.87. The molecular weight excluding hydrogens is 211 g/mol. The van der Waals surface area contributed by atoms with Crippen molar-refractivity contribution in [2.24, 2.45) is 0 Å². The molecule has 2 aromatic heterocycles. The van der Waals surface area contributed by atoms with Gasteiger partial charge in [0.05, 0.1) is 5.56 Å². The molecule has 0 saturated heterocycles. The Morgan fingerprint density at radius 2 is 2.00 bits per heavy atom. The topological polar surface area (TPSA) is 63.1 Å². The summed E-state index contributed by atoms with van der Waals surface area (Å²) in [5.41, 5.74) is 0.507. The number of hydrogen-bond donors (Lipinski definition) is 1. The molecule has 0 amide bonds. The Balaban J connectivity index is 2.48. The maximum atomic E-state index is 13.5. The van der Waals surface area contributed by atoms with Crippen molar-refractivity contribution < 1.29 is 14.3 Å². The number of aromatic nitrogens is 2. The molecule has 0 radical (unpaired) electrons. The first kappa shape index (κ1) is 10.2. The molecule has 0 aliphatic heterocycles. The van der Waals surface area contributed by atoms with Gasteiger partial charge in [-0.25, -0.2) is 9.18 Å². The Morgan fingerprint density at radius 1 is 1.31 bits per heavy atom. The van der Waals surface area contributed by atoms with E-state index in [1.807, 2.05) is 0 Å². The summed E-state index contributed by atoms with van der Waals surface area (Å²) in [7, 11) is 0. The molecule has 1 N–H and O–H groups in total. The predicted octanol–water partition coefficient (Wildman–Crippen LogP) is 1.98. The van der Waals surface area contributed by atoms with Crippen molar-refractivity contribution in [2.45, 2.75) is 0 Å². The number of aromatic carboxylic acids is 1. The normalized spacial score (nSPS) is 10.1. The Labute approximate surface area is 90.4 Å². The van der Waals surface area contributed by atoms with Crippen molar-refractivity contribution in [1.29, 1.82) is 0 Å². The fourth-order valence-electron chi connectivity index (χ4n) is 1.28. The number of hydrogen-bond acceptors (Lipinski definition) is 3. The van der Waals surface area contributed by atoms with Gasteiger partial charge in [0.25, 0.3) is 0 Å². The van der Waals surface area contributed by atoms with Crippen LogP contribution in [0, 0.1) is 5.82 Å². The predicted molar refractivity (Wildman–Crippen MR) is 54.4 cm³/mol. The quantitative estimate of drug-likeness (QED) is 0.837. The lowest BCUT2D eigenvalue weighted by Gasteiger charge is -2.02. The Hall–Kier alpha value is -2.30. The minimum atomic E-state index is -1.20. The van der Waals surface area contributed by atoms with Gasteiger partial charge >= 0.3 is 5.97 Å². The zero-order valence-corrected chi connectivity index (χ0v) is 8.09. The van der Waals surface area contributed by atoms with Crippen molar-refractivity contribution >= 4 is 5.97 Å². The van der Waals surface area contributed by atoms with Crippen LogP contribution in [0.1, 0.15) is 10.4 Å². The molecule has 16 heavy (non-hydrogen) atoms. The van der Waals surface area contributed by atoms with E-state index >= 15 is 0 Å². The van der Waals surface area contributed by atoms with Gasteiger partial charge in [0.15, 0.2) is 0 Å². The molecule has 0 saturated carbocycles. The number of carbonyl (C=O) groups is 1. The smallest absolute Gasteiger partial charge is 0.337 e. The molecule has 4 nitrogen and oxygen atoms in total. The average molecular weight is 218 g/mol. The van der Waals surface area contributed by atoms with Crippen molar-refractivity contribution in [3.05, 3.63) is 48.2 Å². The second-order valence-electron chi connectivity index (χ2n) is 3.10. The van der Waals surface area contributed by atoms with Crippen LogP contribution in [0.15, 0.2) is 36.8 Å². The maximum absolute atomic E-state index is 13.5. The second-order valence-corrected chi connectivity index (χ2v) is 3.10. The van der Waals surface area contributed by atoms with E-state index < -0.39 is 11.8 Å². The number of nitrogens with zero attached hydrogens (tertiary/aromatic N) is 2. The molecule has 2 aromatic rings. The molecule has 0 unspecified atom stereocenters. The SMILES string of the molecule is O=C(O)c1cnc(-c2ccncc2)c(F)c1. The van der Waals surface area contributed by atoms with Gasteiger partial charge in [-0.05, 0) is 18.2 Å². The standard InChI is InChI=1S/C11H7FN2O2/c12-9-5-8(11(15)16)6-14-10(9)7-1-3-13-4-2-7/h1-6H,(H,15,16). The van der Waals surface area contributed by atoms with Crippen molar-refractivity contribution in [3.63, 3.8) is 0 Å². The van der Waals surface area contributed by atoms with E-state index in [9.17, 15) is 9.18 Å². The highest BCUT2D eigenvalue weighted by atomic mass is 19.1. The zero-order valence-electron chi connectivity index (χ0n) is 8.09. The van der Waals surface area contributed by atoms with Crippen LogP contribution in [0.4, 0.5) is 4.39 Å². The number of carboxylic acid groups (broad SMARTS) is 1. The van der Waals surface area contributed by atoms with Crippen LogP contribution in [-0.2, 0) is 0 Å². The van der Waals surface area contributed by atoms with Crippen LogP contribution >= 0.6 is 0 Å². The molecule has 0 aliphatic rings. The van der Waals surface area contributed by atoms with Crippen LogP contribution in [0.2, 0.25) is 0 Å². The van der Waals surface area contributed by atoms with E-state index in [0.29, 0.717) is 5.56 Å². The monoisotopic (exact) mass is 218 g/mol. The van der Waals surface area contributed by atoms with E-state index in [1.165, 1.54) is 12.4 Å². The molecule has 0 aromatic carbocycles. The third-order valence-electron chi connectivity index (χ3n) is 2.04. The minimum absolute atomic E-state index is 0.118. The summed E-state index contributed by atoms with van der Waals surface area (Å²) >= 11 is 0. The van der Waals surface area contributed by atoms with Crippen LogP contribution in [-0.4, -0.2) is 21.0 Å². The van der Waals surface area contributed by atoms with Gasteiger partial charge < -0.3 is 5.11 Å². The molecule has 2 heterocycles. The Bertz CT molecular complexity index is 529. The van der Waals surface area contributed by atoms with Crippen LogP contribution in [0.25, 0.3) is 11.3 Å². The molecule has 80 valence electrons. The largest absolute Gasteiger partial charge is 0.478 e. The molecule has 0 bridgehead atoms. The van der Waals surface area contributed by atoms with E-state index in [2.05, 4.69) is 9.97 Å². The van der Waals surface area contributed by atoms with Crippen molar-refractivity contribution in [1.82, 2.24) is 9.97 Å². The van der Waals surface area contributed by atoms with Crippen LogP contribution < -0.4 is 0 Å². The number of rotatable bonds is 2. The number of halogens is 1. The highest BCUT2D eigenvalue weighted by Crippen LogP contribution is 2.19. The van der Waals surface area contributed by atoms with E-state index in [0.717, 1.165) is 12.3 Å². The lowest BCUT2D eigenvalue weighted by Crippen LogP contribution is -2.00. The first-order valence-electron chi connectivity index (χ1n) is 4.47. The van der Waals surface area contributed by atoms with Crippen LogP contribution in [0.3, 0.4) is 0 Å². The van der Waals surface area contributed by atoms with E-state index in [-0.39, 0.29) is 11.3 Å². The minimum Gasteiger partial charge on any atom is -0.478 e. The molecule has 0 aliphatic carbocycles. The Morgan fingerprint density at radius 3 is 2.56 bits per heavy atom. The lowest BCUT2D eigenvalue weighted by molar-refractivity contribution is 0.0696. The molecule has 0 fully saturated rings. The average Bonchev–Trinajstić information content (AvgIpc) is 2.30. The van der Waals surface area contributed by atoms with Gasteiger partial charge in [0, 0.05) is 24.2 Å². The van der Waals surface area contributed by atoms with Gasteiger partial charge in [-0.1, -0.05) is 0 Å². The summed E-state index contributed by atoms with van der Waals surface area (Å²) in [5.74, 6) is -1.86. The highest BCUT2D eigenvalue weighted by Gasteiger charge is 2.10.